The number of amides is 1. The maximum absolute atomic E-state index is 11.8. The normalized spacial score (nSPS) is 12.7. The Hall–Kier alpha value is -1.36. The van der Waals surface area contributed by atoms with Crippen LogP contribution in [0.15, 0.2) is 12.4 Å². The van der Waals surface area contributed by atoms with Gasteiger partial charge in [0.2, 0.25) is 5.91 Å². The highest BCUT2D eigenvalue weighted by Gasteiger charge is 2.14. The first-order valence-corrected chi connectivity index (χ1v) is 6.97. The van der Waals surface area contributed by atoms with E-state index in [1.807, 2.05) is 13.2 Å². The molecule has 0 radical (unpaired) electrons. The van der Waals surface area contributed by atoms with E-state index in [0.29, 0.717) is 31.3 Å². The predicted octanol–water partition coefficient (Wildman–Crippen LogP) is 1.44. The minimum atomic E-state index is 0.103. The molecule has 0 spiro atoms. The van der Waals surface area contributed by atoms with Crippen molar-refractivity contribution in [2.75, 3.05) is 6.54 Å². The van der Waals surface area contributed by atoms with Crippen LogP contribution >= 0.6 is 0 Å². The molecule has 1 heterocycles. The van der Waals surface area contributed by atoms with Crippen molar-refractivity contribution in [3.8, 4) is 0 Å². The molecular formula is C14H26N4O. The lowest BCUT2D eigenvalue weighted by atomic mass is 9.88. The van der Waals surface area contributed by atoms with Crippen molar-refractivity contribution in [2.24, 2.45) is 24.6 Å². The van der Waals surface area contributed by atoms with Crippen LogP contribution in [0.3, 0.4) is 0 Å². The number of nitrogens with one attached hydrogen (secondary N) is 1. The Balaban J connectivity index is 2.27. The monoisotopic (exact) mass is 266 g/mol. The molecule has 1 aromatic heterocycles. The lowest BCUT2D eigenvalue weighted by Crippen LogP contribution is -2.24. The summed E-state index contributed by atoms with van der Waals surface area (Å²) in [7, 11) is 1.87. The fraction of sp³-hybridized carbons (Fsp3) is 0.714. The Labute approximate surface area is 115 Å². The minimum absolute atomic E-state index is 0.103. The summed E-state index contributed by atoms with van der Waals surface area (Å²) in [5.41, 5.74) is 6.63. The van der Waals surface area contributed by atoms with E-state index in [-0.39, 0.29) is 5.91 Å². The lowest BCUT2D eigenvalue weighted by Gasteiger charge is -2.19. The standard InChI is InChI=1S/C14H26N4O/c1-11(2)13(6-7-15)4-5-14(19)16-8-12-9-17-18(3)10-12/h9-11,13H,4-8,15H2,1-3H3,(H,16,19). The lowest BCUT2D eigenvalue weighted by molar-refractivity contribution is -0.121. The first-order valence-electron chi connectivity index (χ1n) is 6.97. The molecule has 0 aliphatic carbocycles. The van der Waals surface area contributed by atoms with Crippen molar-refractivity contribution < 1.29 is 4.79 Å². The first kappa shape index (κ1) is 15.7. The Morgan fingerprint density at radius 3 is 2.74 bits per heavy atom. The molecule has 3 N–H and O–H groups in total. The van der Waals surface area contributed by atoms with Crippen LogP contribution in [-0.2, 0) is 18.4 Å². The highest BCUT2D eigenvalue weighted by molar-refractivity contribution is 5.75. The second-order valence-corrected chi connectivity index (χ2v) is 5.42. The van der Waals surface area contributed by atoms with Crippen LogP contribution in [0.4, 0.5) is 0 Å². The number of hydrogen-bond acceptors (Lipinski definition) is 3. The summed E-state index contributed by atoms with van der Waals surface area (Å²) < 4.78 is 1.73. The van der Waals surface area contributed by atoms with Gasteiger partial charge in [-0.1, -0.05) is 13.8 Å². The third-order valence-corrected chi connectivity index (χ3v) is 3.47. The highest BCUT2D eigenvalue weighted by atomic mass is 16.1. The summed E-state index contributed by atoms with van der Waals surface area (Å²) in [4.78, 5) is 11.8. The number of rotatable bonds is 8. The number of nitrogens with two attached hydrogens (primary N) is 1. The largest absolute Gasteiger partial charge is 0.352 e. The second kappa shape index (κ2) is 7.94. The van der Waals surface area contributed by atoms with E-state index in [0.717, 1.165) is 18.4 Å². The van der Waals surface area contributed by atoms with Crippen molar-refractivity contribution in [2.45, 2.75) is 39.7 Å². The van der Waals surface area contributed by atoms with Crippen LogP contribution < -0.4 is 11.1 Å². The second-order valence-electron chi connectivity index (χ2n) is 5.42. The summed E-state index contributed by atoms with van der Waals surface area (Å²) in [5.74, 6) is 1.22. The van der Waals surface area contributed by atoms with Gasteiger partial charge in [0, 0.05) is 31.8 Å². The Kier molecular flexibility index (Phi) is 6.56. The molecule has 0 aliphatic rings. The smallest absolute Gasteiger partial charge is 0.220 e. The summed E-state index contributed by atoms with van der Waals surface area (Å²) in [6.45, 7) is 5.62. The molecule has 0 aromatic carbocycles. The zero-order valence-corrected chi connectivity index (χ0v) is 12.2. The fourth-order valence-corrected chi connectivity index (χ4v) is 2.19. The molecule has 0 fully saturated rings. The number of hydrogen-bond donors (Lipinski definition) is 2. The maximum atomic E-state index is 11.8. The van der Waals surface area contributed by atoms with E-state index >= 15 is 0 Å². The fourth-order valence-electron chi connectivity index (χ4n) is 2.19. The van der Waals surface area contributed by atoms with Crippen molar-refractivity contribution in [1.82, 2.24) is 15.1 Å². The number of nitrogens with zero attached hydrogens (tertiary/aromatic N) is 2. The van der Waals surface area contributed by atoms with Gasteiger partial charge in [0.25, 0.3) is 0 Å². The van der Waals surface area contributed by atoms with Crippen LogP contribution in [0, 0.1) is 11.8 Å². The molecule has 0 bridgehead atoms. The molecule has 1 amide bonds. The van der Waals surface area contributed by atoms with E-state index < -0.39 is 0 Å². The maximum Gasteiger partial charge on any atom is 0.220 e. The molecular weight excluding hydrogens is 240 g/mol. The quantitative estimate of drug-likeness (QED) is 0.747. The first-order chi connectivity index (χ1) is 9.02. The highest BCUT2D eigenvalue weighted by Crippen LogP contribution is 2.20. The zero-order chi connectivity index (χ0) is 14.3. The van der Waals surface area contributed by atoms with Gasteiger partial charge in [0.15, 0.2) is 0 Å². The number of aryl methyl sites for hydroxylation is 1. The molecule has 0 saturated heterocycles. The predicted molar refractivity (Wildman–Crippen MR) is 76.3 cm³/mol. The van der Waals surface area contributed by atoms with Crippen molar-refractivity contribution in [1.29, 1.82) is 0 Å². The topological polar surface area (TPSA) is 72.9 Å². The van der Waals surface area contributed by atoms with Gasteiger partial charge in [0.05, 0.1) is 6.20 Å². The van der Waals surface area contributed by atoms with E-state index in [9.17, 15) is 4.79 Å². The molecule has 108 valence electrons. The average molecular weight is 266 g/mol. The summed E-state index contributed by atoms with van der Waals surface area (Å²) in [6.07, 6.45) is 6.15. The summed E-state index contributed by atoms with van der Waals surface area (Å²) >= 11 is 0. The van der Waals surface area contributed by atoms with Gasteiger partial charge in [-0.3, -0.25) is 9.48 Å². The van der Waals surface area contributed by atoms with Crippen LogP contribution in [0.5, 0.6) is 0 Å². The third kappa shape index (κ3) is 5.87. The Bertz CT molecular complexity index is 387. The summed E-state index contributed by atoms with van der Waals surface area (Å²) in [6, 6.07) is 0. The van der Waals surface area contributed by atoms with E-state index in [2.05, 4.69) is 24.3 Å². The molecule has 19 heavy (non-hydrogen) atoms. The van der Waals surface area contributed by atoms with Crippen LogP contribution in [0.2, 0.25) is 0 Å². The molecule has 0 aliphatic heterocycles. The molecule has 1 unspecified atom stereocenters. The van der Waals surface area contributed by atoms with Gasteiger partial charge in [-0.05, 0) is 31.2 Å². The Morgan fingerprint density at radius 1 is 1.47 bits per heavy atom. The van der Waals surface area contributed by atoms with Crippen LogP contribution in [0.25, 0.3) is 0 Å². The molecule has 5 heteroatoms. The molecule has 5 nitrogen and oxygen atoms in total. The van der Waals surface area contributed by atoms with Gasteiger partial charge in [-0.15, -0.1) is 0 Å². The van der Waals surface area contributed by atoms with Crippen molar-refractivity contribution >= 4 is 5.91 Å². The van der Waals surface area contributed by atoms with Gasteiger partial charge in [-0.25, -0.2) is 0 Å². The van der Waals surface area contributed by atoms with Gasteiger partial charge < -0.3 is 11.1 Å². The zero-order valence-electron chi connectivity index (χ0n) is 12.2. The third-order valence-electron chi connectivity index (χ3n) is 3.47. The van der Waals surface area contributed by atoms with Crippen LogP contribution in [-0.4, -0.2) is 22.2 Å². The number of carbonyl (C=O) groups is 1. The van der Waals surface area contributed by atoms with Gasteiger partial charge in [-0.2, -0.15) is 5.10 Å². The minimum Gasteiger partial charge on any atom is -0.352 e. The van der Waals surface area contributed by atoms with E-state index in [4.69, 9.17) is 5.73 Å². The van der Waals surface area contributed by atoms with Gasteiger partial charge in [0.1, 0.15) is 0 Å². The van der Waals surface area contributed by atoms with Crippen molar-refractivity contribution in [3.63, 3.8) is 0 Å². The molecule has 0 saturated carbocycles. The van der Waals surface area contributed by atoms with Crippen LogP contribution in [0.1, 0.15) is 38.7 Å². The molecule has 1 atom stereocenters. The van der Waals surface area contributed by atoms with Gasteiger partial charge >= 0.3 is 0 Å². The van der Waals surface area contributed by atoms with E-state index in [1.54, 1.807) is 10.9 Å². The van der Waals surface area contributed by atoms with Crippen molar-refractivity contribution in [3.05, 3.63) is 18.0 Å². The molecule has 1 aromatic rings. The number of carbonyl (C=O) groups excluding carboxylic acids is 1. The Morgan fingerprint density at radius 2 is 2.21 bits per heavy atom. The van der Waals surface area contributed by atoms with E-state index in [1.165, 1.54) is 0 Å². The summed E-state index contributed by atoms with van der Waals surface area (Å²) in [5, 5.41) is 6.99. The average Bonchev–Trinajstić information content (AvgIpc) is 2.77. The number of aromatic nitrogens is 2. The molecule has 1 rings (SSSR count). The SMILES string of the molecule is CC(C)C(CCN)CCC(=O)NCc1cnn(C)c1.